The van der Waals surface area contributed by atoms with Crippen LogP contribution in [0.3, 0.4) is 0 Å². The molecule has 1 amide bonds. The van der Waals surface area contributed by atoms with Crippen molar-refractivity contribution in [1.82, 2.24) is 5.32 Å². The van der Waals surface area contributed by atoms with Gasteiger partial charge in [0.05, 0.1) is 14.6 Å². The molecule has 2 fully saturated rings. The Kier molecular flexibility index (Phi) is 1.71. The van der Waals surface area contributed by atoms with Crippen molar-refractivity contribution in [2.75, 3.05) is 13.7 Å². The third-order valence-corrected chi connectivity index (χ3v) is 3.07. The summed E-state index contributed by atoms with van der Waals surface area (Å²) in [6, 6.07) is 4.03. The van der Waals surface area contributed by atoms with Crippen molar-refractivity contribution in [1.29, 1.82) is 0 Å². The molecule has 4 heteroatoms. The molecule has 1 saturated carbocycles. The van der Waals surface area contributed by atoms with E-state index in [4.69, 9.17) is 23.2 Å². The first-order chi connectivity index (χ1) is 13.5. The van der Waals surface area contributed by atoms with Gasteiger partial charge in [0.1, 0.15) is 0 Å². The standard InChI is InChI=1S/C16H21NO3/c1-19-14-7-6-11(12-9-16(18)17-10-12)8-15(14)20-13-4-2-3-5-13/h6-8,12-13H,2-5,9-10H2,1H3,(H,17,18)/i2D2,3D2,4D2,5D2,12D,13D. The fourth-order valence-electron chi connectivity index (χ4n) is 2.07. The van der Waals surface area contributed by atoms with Gasteiger partial charge in [-0.15, -0.1) is 0 Å². The molecule has 1 unspecified atom stereocenters. The number of benzene rings is 1. The molecule has 0 aromatic heterocycles. The summed E-state index contributed by atoms with van der Waals surface area (Å²) in [5.41, 5.74) is 0.255. The lowest BCUT2D eigenvalue weighted by molar-refractivity contribution is -0.119. The molecule has 1 saturated heterocycles. The molecule has 0 bridgehead atoms. The maximum absolute atomic E-state index is 11.6. The van der Waals surface area contributed by atoms with Gasteiger partial charge in [0.15, 0.2) is 11.5 Å². The third kappa shape index (κ3) is 2.74. The number of rotatable bonds is 4. The maximum atomic E-state index is 11.6. The van der Waals surface area contributed by atoms with Crippen molar-refractivity contribution < 1.29 is 28.0 Å². The highest BCUT2D eigenvalue weighted by Gasteiger charge is 2.25. The second-order valence-corrected chi connectivity index (χ2v) is 4.35. The Morgan fingerprint density at radius 1 is 1.35 bits per heavy atom. The van der Waals surface area contributed by atoms with Gasteiger partial charge in [-0.3, -0.25) is 4.79 Å². The van der Waals surface area contributed by atoms with Crippen LogP contribution in [0.4, 0.5) is 0 Å². The van der Waals surface area contributed by atoms with Crippen LogP contribution >= 0.6 is 0 Å². The molecule has 2 aliphatic rings. The van der Waals surface area contributed by atoms with Crippen LogP contribution in [0, 0.1) is 0 Å². The monoisotopic (exact) mass is 285 g/mol. The Labute approximate surface area is 133 Å². The van der Waals surface area contributed by atoms with E-state index in [0.717, 1.165) is 0 Å². The summed E-state index contributed by atoms with van der Waals surface area (Å²) >= 11 is 0. The summed E-state index contributed by atoms with van der Waals surface area (Å²) in [4.78, 5) is 11.6. The average Bonchev–Trinajstić information content (AvgIpc) is 3.02. The first kappa shape index (κ1) is 5.96. The summed E-state index contributed by atoms with van der Waals surface area (Å²) < 4.78 is 91.3. The van der Waals surface area contributed by atoms with Gasteiger partial charge in [-0.05, 0) is 43.2 Å². The van der Waals surface area contributed by atoms with Gasteiger partial charge in [-0.1, -0.05) is 6.07 Å². The Morgan fingerprint density at radius 3 is 2.80 bits per heavy atom. The quantitative estimate of drug-likeness (QED) is 0.925. The number of carbonyl (C=O) groups excluding carboxylic acids is 1. The van der Waals surface area contributed by atoms with Crippen LogP contribution in [0.2, 0.25) is 0 Å². The van der Waals surface area contributed by atoms with Crippen molar-refractivity contribution in [3.05, 3.63) is 23.8 Å². The van der Waals surface area contributed by atoms with Gasteiger partial charge in [0.2, 0.25) is 5.91 Å². The summed E-state index contributed by atoms with van der Waals surface area (Å²) in [6.45, 7) is -0.00360. The summed E-state index contributed by atoms with van der Waals surface area (Å²) in [7, 11) is 1.24. The molecule has 0 radical (unpaired) electrons. The molecule has 1 heterocycles. The highest BCUT2D eigenvalue weighted by atomic mass is 16.5. The Balaban J connectivity index is 2.13. The Morgan fingerprint density at radius 2 is 2.15 bits per heavy atom. The fraction of sp³-hybridized carbons (Fsp3) is 0.562. The lowest BCUT2D eigenvalue weighted by atomic mass is 9.98. The fourth-order valence-corrected chi connectivity index (χ4v) is 2.07. The zero-order chi connectivity index (χ0) is 23.0. The normalized spacial score (nSPS) is 45.5. The Bertz CT molecular complexity index is 864. The van der Waals surface area contributed by atoms with Crippen LogP contribution in [-0.2, 0) is 4.79 Å². The summed E-state index contributed by atoms with van der Waals surface area (Å²) in [5, 5.41) is 2.53. The van der Waals surface area contributed by atoms with Crippen LogP contribution in [-0.4, -0.2) is 25.6 Å². The van der Waals surface area contributed by atoms with E-state index in [9.17, 15) is 4.79 Å². The number of amides is 1. The number of nitrogens with one attached hydrogen (secondary N) is 1. The van der Waals surface area contributed by atoms with Crippen LogP contribution in [0.15, 0.2) is 18.2 Å². The Hall–Kier alpha value is -1.71. The van der Waals surface area contributed by atoms with E-state index in [1.807, 2.05) is 0 Å². The highest BCUT2D eigenvalue weighted by molar-refractivity contribution is 5.79. The van der Waals surface area contributed by atoms with E-state index in [-0.39, 0.29) is 35.9 Å². The van der Waals surface area contributed by atoms with E-state index in [2.05, 4.69) is 5.32 Å². The van der Waals surface area contributed by atoms with Crippen molar-refractivity contribution >= 4 is 5.91 Å². The molecule has 20 heavy (non-hydrogen) atoms. The first-order valence-corrected chi connectivity index (χ1v) is 6.13. The predicted molar refractivity (Wildman–Crippen MR) is 76.2 cm³/mol. The van der Waals surface area contributed by atoms with Crippen LogP contribution in [0.1, 0.15) is 57.1 Å². The molecule has 1 aromatic rings. The minimum absolute atomic E-state index is 0.00360. The average molecular weight is 285 g/mol. The van der Waals surface area contributed by atoms with Gasteiger partial charge >= 0.3 is 0 Å². The van der Waals surface area contributed by atoms with Crippen molar-refractivity contribution in [3.63, 3.8) is 0 Å². The maximum Gasteiger partial charge on any atom is 0.220 e. The van der Waals surface area contributed by atoms with E-state index in [0.29, 0.717) is 0 Å². The van der Waals surface area contributed by atoms with Crippen molar-refractivity contribution in [2.24, 2.45) is 0 Å². The molecule has 1 aromatic carbocycles. The number of methoxy groups -OCH3 is 1. The third-order valence-electron chi connectivity index (χ3n) is 3.07. The molecule has 4 nitrogen and oxygen atoms in total. The van der Waals surface area contributed by atoms with Crippen LogP contribution < -0.4 is 14.8 Å². The van der Waals surface area contributed by atoms with Gasteiger partial charge in [0.25, 0.3) is 0 Å². The second-order valence-electron chi connectivity index (χ2n) is 4.35. The lowest BCUT2D eigenvalue weighted by Gasteiger charge is -2.18. The highest BCUT2D eigenvalue weighted by Crippen LogP contribution is 2.35. The lowest BCUT2D eigenvalue weighted by Crippen LogP contribution is -2.14. The largest absolute Gasteiger partial charge is 0.493 e. The molecule has 3 rings (SSSR count). The number of ether oxygens (including phenoxy) is 2. The smallest absolute Gasteiger partial charge is 0.220 e. The minimum atomic E-state index is -3.41. The molecule has 108 valence electrons. The van der Waals surface area contributed by atoms with Crippen LogP contribution in [0.5, 0.6) is 11.5 Å². The zero-order valence-corrected chi connectivity index (χ0v) is 10.9. The van der Waals surface area contributed by atoms with Crippen molar-refractivity contribution in [3.8, 4) is 11.5 Å². The molecular weight excluding hydrogens is 254 g/mol. The van der Waals surface area contributed by atoms with Gasteiger partial charge in [0, 0.05) is 31.2 Å². The predicted octanol–water partition coefficient (Wildman–Crippen LogP) is 2.62. The first-order valence-electron chi connectivity index (χ1n) is 11.1. The van der Waals surface area contributed by atoms with Crippen molar-refractivity contribution in [2.45, 2.75) is 43.9 Å². The number of hydrogen-bond acceptors (Lipinski definition) is 3. The van der Waals surface area contributed by atoms with Gasteiger partial charge < -0.3 is 14.8 Å². The van der Waals surface area contributed by atoms with Gasteiger partial charge in [-0.25, -0.2) is 0 Å². The zero-order valence-electron chi connectivity index (χ0n) is 20.9. The van der Waals surface area contributed by atoms with E-state index >= 15 is 0 Å². The second kappa shape index (κ2) is 5.73. The van der Waals surface area contributed by atoms with E-state index in [1.54, 1.807) is 0 Å². The number of carbonyl (C=O) groups is 1. The molecule has 1 atom stereocenters. The number of hydrogen-bond donors (Lipinski definition) is 1. The molecule has 0 spiro atoms. The molecule has 1 N–H and O–H groups in total. The van der Waals surface area contributed by atoms with Gasteiger partial charge in [-0.2, -0.15) is 0 Å². The minimum Gasteiger partial charge on any atom is -0.493 e. The van der Waals surface area contributed by atoms with E-state index in [1.165, 1.54) is 25.3 Å². The SMILES string of the molecule is [2H]C1(c2ccc(OC)c(OC3([2H])C([2H])([2H])C([2H])([2H])C([2H])([2H])C3([2H])[2H])c2)CNC(=O)C1. The topological polar surface area (TPSA) is 47.6 Å². The summed E-state index contributed by atoms with van der Waals surface area (Å²) in [6.07, 6.45) is -17.1. The summed E-state index contributed by atoms with van der Waals surface area (Å²) in [5.74, 6) is -2.14. The molecule has 1 aliphatic heterocycles. The molecule has 1 aliphatic carbocycles. The van der Waals surface area contributed by atoms with Crippen LogP contribution in [0.25, 0.3) is 0 Å². The molecular formula is C16H21NO3. The van der Waals surface area contributed by atoms with E-state index < -0.39 is 37.5 Å².